The summed E-state index contributed by atoms with van der Waals surface area (Å²) in [5.74, 6) is 1.37. The minimum atomic E-state index is 0.0188. The first kappa shape index (κ1) is 19.3. The Morgan fingerprint density at radius 3 is 2.90 bits per heavy atom. The average molecular weight is 407 g/mol. The third kappa shape index (κ3) is 4.35. The summed E-state index contributed by atoms with van der Waals surface area (Å²) < 4.78 is 11.2. The van der Waals surface area contributed by atoms with Crippen molar-refractivity contribution in [3.8, 4) is 5.75 Å². The number of rotatable bonds is 8. The lowest BCUT2D eigenvalue weighted by Crippen LogP contribution is -2.01. The number of para-hydroxylation sites is 1. The molecule has 0 aliphatic heterocycles. The first-order chi connectivity index (χ1) is 14.1. The van der Waals surface area contributed by atoms with Crippen LogP contribution in [0, 0.1) is 6.92 Å². The van der Waals surface area contributed by atoms with Gasteiger partial charge in [0, 0.05) is 22.7 Å². The molecule has 4 rings (SSSR count). The predicted molar refractivity (Wildman–Crippen MR) is 113 cm³/mol. The van der Waals surface area contributed by atoms with Crippen LogP contribution in [0.5, 0.6) is 5.75 Å². The number of aryl methyl sites for hydroxylation is 2. The summed E-state index contributed by atoms with van der Waals surface area (Å²) in [6.07, 6.45) is 2.69. The number of aromatic nitrogens is 3. The van der Waals surface area contributed by atoms with Crippen molar-refractivity contribution in [3.05, 3.63) is 71.2 Å². The van der Waals surface area contributed by atoms with Gasteiger partial charge in [0.25, 0.3) is 11.1 Å². The molecule has 7 heteroatoms. The molecule has 2 heterocycles. The largest absolute Gasteiger partial charge is 0.484 e. The fourth-order valence-electron chi connectivity index (χ4n) is 3.15. The van der Waals surface area contributed by atoms with Crippen LogP contribution in [0.1, 0.15) is 34.3 Å². The maximum absolute atomic E-state index is 12.7. The summed E-state index contributed by atoms with van der Waals surface area (Å²) in [6, 6.07) is 13.8. The Hall–Kier alpha value is -3.06. The maximum Gasteiger partial charge on any atom is 0.277 e. The molecule has 0 bridgehead atoms. The van der Waals surface area contributed by atoms with E-state index in [1.807, 2.05) is 43.3 Å². The number of hydrogen-bond acceptors (Lipinski definition) is 6. The number of H-pyrrole nitrogens is 1. The lowest BCUT2D eigenvalue weighted by Gasteiger charge is -2.03. The van der Waals surface area contributed by atoms with Gasteiger partial charge in [-0.3, -0.25) is 4.79 Å². The molecule has 0 fully saturated rings. The zero-order valence-electron chi connectivity index (χ0n) is 16.3. The van der Waals surface area contributed by atoms with Crippen molar-refractivity contribution >= 4 is 28.4 Å². The second kappa shape index (κ2) is 8.53. The number of fused-ring (bicyclic) bond motifs is 1. The van der Waals surface area contributed by atoms with Gasteiger partial charge in [0.05, 0.1) is 5.75 Å². The Bertz CT molecular complexity index is 1150. The molecule has 0 atom stereocenters. The van der Waals surface area contributed by atoms with Crippen LogP contribution in [0.4, 0.5) is 0 Å². The highest BCUT2D eigenvalue weighted by Gasteiger charge is 2.16. The number of thioether (sulfide) groups is 1. The van der Waals surface area contributed by atoms with E-state index in [4.69, 9.17) is 9.15 Å². The smallest absolute Gasteiger partial charge is 0.277 e. The van der Waals surface area contributed by atoms with Gasteiger partial charge in [-0.25, -0.2) is 0 Å². The molecule has 148 valence electrons. The first-order valence-electron chi connectivity index (χ1n) is 9.41. The number of hydrogen-bond donors (Lipinski definition) is 1. The SMILES string of the molecule is CCc1cccc2c(C(=O)CSc3nnc(COc4cccc(C)c4)o3)c[nH]c12. The van der Waals surface area contributed by atoms with Crippen molar-refractivity contribution in [3.63, 3.8) is 0 Å². The summed E-state index contributed by atoms with van der Waals surface area (Å²) in [5, 5.41) is 9.29. The molecule has 0 amide bonds. The first-order valence-corrected chi connectivity index (χ1v) is 10.4. The van der Waals surface area contributed by atoms with Crippen LogP contribution < -0.4 is 4.74 Å². The van der Waals surface area contributed by atoms with Gasteiger partial charge in [-0.1, -0.05) is 49.0 Å². The molecule has 2 aromatic heterocycles. The zero-order chi connectivity index (χ0) is 20.2. The number of carbonyl (C=O) groups excluding carboxylic acids is 1. The lowest BCUT2D eigenvalue weighted by atomic mass is 10.1. The quantitative estimate of drug-likeness (QED) is 0.328. The molecule has 0 radical (unpaired) electrons. The van der Waals surface area contributed by atoms with E-state index in [1.54, 1.807) is 6.20 Å². The molecule has 0 saturated carbocycles. The molecule has 0 spiro atoms. The second-order valence-corrected chi connectivity index (χ2v) is 7.60. The molecular weight excluding hydrogens is 386 g/mol. The molecule has 0 unspecified atom stereocenters. The van der Waals surface area contributed by atoms with Gasteiger partial charge in [0.1, 0.15) is 5.75 Å². The summed E-state index contributed by atoms with van der Waals surface area (Å²) in [6.45, 7) is 4.29. The minimum absolute atomic E-state index is 0.0188. The number of nitrogens with one attached hydrogen (secondary N) is 1. The summed E-state index contributed by atoms with van der Waals surface area (Å²) >= 11 is 1.23. The van der Waals surface area contributed by atoms with Gasteiger partial charge in [0.2, 0.25) is 0 Å². The number of carbonyl (C=O) groups is 1. The molecule has 1 N–H and O–H groups in total. The van der Waals surface area contributed by atoms with Crippen molar-refractivity contribution in [2.24, 2.45) is 0 Å². The molecule has 29 heavy (non-hydrogen) atoms. The fourth-order valence-corrected chi connectivity index (χ4v) is 3.82. The molecule has 2 aromatic carbocycles. The number of ketones is 1. The van der Waals surface area contributed by atoms with E-state index in [2.05, 4.69) is 28.2 Å². The van der Waals surface area contributed by atoms with Crippen molar-refractivity contribution in [2.75, 3.05) is 5.75 Å². The number of ether oxygens (including phenoxy) is 1. The van der Waals surface area contributed by atoms with Crippen LogP contribution in [0.15, 0.2) is 58.3 Å². The van der Waals surface area contributed by atoms with Gasteiger partial charge in [0.15, 0.2) is 12.4 Å². The Labute approximate surface area is 172 Å². The summed E-state index contributed by atoms with van der Waals surface area (Å²) in [4.78, 5) is 15.9. The number of benzene rings is 2. The van der Waals surface area contributed by atoms with E-state index < -0.39 is 0 Å². The zero-order valence-corrected chi connectivity index (χ0v) is 17.1. The molecule has 0 aliphatic rings. The molecule has 0 aliphatic carbocycles. The van der Waals surface area contributed by atoms with Crippen molar-refractivity contribution < 1.29 is 13.9 Å². The highest BCUT2D eigenvalue weighted by molar-refractivity contribution is 7.99. The van der Waals surface area contributed by atoms with E-state index in [9.17, 15) is 4.79 Å². The number of nitrogens with zero attached hydrogens (tertiary/aromatic N) is 2. The third-order valence-electron chi connectivity index (χ3n) is 4.61. The van der Waals surface area contributed by atoms with E-state index >= 15 is 0 Å². The van der Waals surface area contributed by atoms with E-state index in [1.165, 1.54) is 17.3 Å². The summed E-state index contributed by atoms with van der Waals surface area (Å²) in [5.41, 5.74) is 4.03. The van der Waals surface area contributed by atoms with Gasteiger partial charge in [-0.15, -0.1) is 10.2 Å². The lowest BCUT2D eigenvalue weighted by molar-refractivity contribution is 0.102. The predicted octanol–water partition coefficient (Wildman–Crippen LogP) is 4.98. The van der Waals surface area contributed by atoms with E-state index in [0.29, 0.717) is 16.7 Å². The molecule has 0 saturated heterocycles. The topological polar surface area (TPSA) is 81.0 Å². The van der Waals surface area contributed by atoms with Gasteiger partial charge >= 0.3 is 0 Å². The Kier molecular flexibility index (Phi) is 5.67. The van der Waals surface area contributed by atoms with Crippen molar-refractivity contribution in [2.45, 2.75) is 32.1 Å². The Morgan fingerprint density at radius 1 is 1.21 bits per heavy atom. The second-order valence-electron chi connectivity index (χ2n) is 6.67. The van der Waals surface area contributed by atoms with Crippen LogP contribution in [-0.2, 0) is 13.0 Å². The van der Waals surface area contributed by atoms with Crippen LogP contribution >= 0.6 is 11.8 Å². The van der Waals surface area contributed by atoms with E-state index in [0.717, 1.165) is 28.6 Å². The van der Waals surface area contributed by atoms with Gasteiger partial charge < -0.3 is 14.1 Å². The molecule has 4 aromatic rings. The normalized spacial score (nSPS) is 11.1. The van der Waals surface area contributed by atoms with Crippen LogP contribution in [-0.4, -0.2) is 26.7 Å². The van der Waals surface area contributed by atoms with Gasteiger partial charge in [-0.05, 0) is 36.6 Å². The highest BCUT2D eigenvalue weighted by atomic mass is 32.2. The Morgan fingerprint density at radius 2 is 2.07 bits per heavy atom. The highest BCUT2D eigenvalue weighted by Crippen LogP contribution is 2.25. The van der Waals surface area contributed by atoms with Crippen molar-refractivity contribution in [1.29, 1.82) is 0 Å². The number of aromatic amines is 1. The van der Waals surface area contributed by atoms with Gasteiger partial charge in [-0.2, -0.15) is 0 Å². The number of Topliss-reactive ketones (excluding diaryl/α,β-unsaturated/α-hetero) is 1. The summed E-state index contributed by atoms with van der Waals surface area (Å²) in [7, 11) is 0. The standard InChI is InChI=1S/C22H21N3O3S/c1-3-15-7-5-9-17-18(11-23-21(15)17)19(26)13-29-22-25-24-20(28-22)12-27-16-8-4-6-14(2)10-16/h4-11,23H,3,12-13H2,1-2H3. The molecule has 6 nitrogen and oxygen atoms in total. The maximum atomic E-state index is 12.7. The third-order valence-corrected chi connectivity index (χ3v) is 5.43. The minimum Gasteiger partial charge on any atom is -0.484 e. The Balaban J connectivity index is 1.37. The van der Waals surface area contributed by atoms with Crippen LogP contribution in [0.3, 0.4) is 0 Å². The monoisotopic (exact) mass is 407 g/mol. The van der Waals surface area contributed by atoms with Crippen LogP contribution in [0.2, 0.25) is 0 Å². The van der Waals surface area contributed by atoms with Crippen molar-refractivity contribution in [1.82, 2.24) is 15.2 Å². The average Bonchev–Trinajstić information content (AvgIpc) is 3.37. The van der Waals surface area contributed by atoms with Crippen LogP contribution in [0.25, 0.3) is 10.9 Å². The molecular formula is C22H21N3O3S. The fraction of sp³-hybridized carbons (Fsp3) is 0.227. The van der Waals surface area contributed by atoms with E-state index in [-0.39, 0.29) is 18.1 Å².